The minimum Gasteiger partial charge on any atom is -0.372 e. The zero-order valence-corrected chi connectivity index (χ0v) is 13.0. The maximum absolute atomic E-state index is 12.5. The molecule has 8 nitrogen and oxygen atoms in total. The highest BCUT2D eigenvalue weighted by molar-refractivity contribution is 7.90. The molecule has 1 aromatic carbocycles. The predicted molar refractivity (Wildman–Crippen MR) is 74.9 cm³/mol. The molecule has 0 aliphatic carbocycles. The van der Waals surface area contributed by atoms with Crippen molar-refractivity contribution in [3.63, 3.8) is 0 Å². The fourth-order valence-electron chi connectivity index (χ4n) is 2.07. The first kappa shape index (κ1) is 15.0. The van der Waals surface area contributed by atoms with E-state index in [1.807, 2.05) is 0 Å². The lowest BCUT2D eigenvalue weighted by molar-refractivity contribution is 0.341. The zero-order chi connectivity index (χ0) is 15.4. The van der Waals surface area contributed by atoms with Crippen molar-refractivity contribution < 1.29 is 21.6 Å². The van der Waals surface area contributed by atoms with Gasteiger partial charge in [-0.3, -0.25) is 0 Å². The largest absolute Gasteiger partial charge is 0.372 e. The summed E-state index contributed by atoms with van der Waals surface area (Å²) >= 11 is 5.84. The third-order valence-electron chi connectivity index (χ3n) is 3.21. The van der Waals surface area contributed by atoms with Gasteiger partial charge in [-0.05, 0) is 12.1 Å². The van der Waals surface area contributed by atoms with Gasteiger partial charge >= 0.3 is 0 Å². The van der Waals surface area contributed by atoms with Crippen LogP contribution in [0.4, 0.5) is 5.69 Å². The molecule has 0 amide bonds. The number of nitrogens with two attached hydrogens (primary N) is 1. The number of anilines is 1. The van der Waals surface area contributed by atoms with E-state index in [2.05, 4.69) is 5.32 Å². The van der Waals surface area contributed by atoms with Gasteiger partial charge in [0.1, 0.15) is 9.79 Å². The van der Waals surface area contributed by atoms with E-state index < -0.39 is 24.9 Å². The molecule has 1 atom stereocenters. The highest BCUT2D eigenvalue weighted by Crippen LogP contribution is 2.35. The Balaban J connectivity index is 2.10. The van der Waals surface area contributed by atoms with Crippen molar-refractivity contribution in [2.45, 2.75) is 15.9 Å². The van der Waals surface area contributed by atoms with Crippen LogP contribution in [-0.2, 0) is 24.8 Å². The fourth-order valence-corrected chi connectivity index (χ4v) is 4.79. The number of nitrogens with zero attached hydrogens (tertiary/aromatic N) is 1. The summed E-state index contributed by atoms with van der Waals surface area (Å²) < 4.78 is 54.2. The minimum absolute atomic E-state index is 0.0697. The van der Waals surface area contributed by atoms with Crippen molar-refractivity contribution in [1.29, 1.82) is 0 Å². The number of fused-ring (bicyclic) bond motifs is 1. The van der Waals surface area contributed by atoms with Gasteiger partial charge in [-0.25, -0.2) is 22.0 Å². The SMILES string of the molecule is NS(=O)(=O)c1cc2c(cc1Cl)NCN(CC1CO1)S2(=O)=O. The second kappa shape index (κ2) is 4.80. The van der Waals surface area contributed by atoms with Crippen molar-refractivity contribution in [3.8, 4) is 0 Å². The molecule has 1 fully saturated rings. The molecule has 11 heteroatoms. The first-order valence-corrected chi connectivity index (χ1v) is 9.28. The van der Waals surface area contributed by atoms with Gasteiger partial charge in [-0.2, -0.15) is 4.31 Å². The molecule has 1 saturated heterocycles. The molecule has 116 valence electrons. The van der Waals surface area contributed by atoms with Gasteiger partial charge in [-0.1, -0.05) is 11.6 Å². The number of epoxide rings is 1. The van der Waals surface area contributed by atoms with E-state index in [0.717, 1.165) is 6.07 Å². The van der Waals surface area contributed by atoms with E-state index in [1.165, 1.54) is 10.4 Å². The minimum atomic E-state index is -4.11. The predicted octanol–water partition coefficient (Wildman–Crippen LogP) is -0.240. The summed E-state index contributed by atoms with van der Waals surface area (Å²) in [6, 6.07) is 2.23. The van der Waals surface area contributed by atoms with E-state index in [1.54, 1.807) is 0 Å². The molecular weight excluding hydrogens is 342 g/mol. The standard InChI is InChI=1S/C10H12ClN3O5S2/c11-7-1-8-10(2-9(7)20(12,15)16)21(17,18)14(5-13-8)3-6-4-19-6/h1-2,6,13H,3-5H2,(H2,12,15,16). The van der Waals surface area contributed by atoms with Crippen LogP contribution in [0.3, 0.4) is 0 Å². The molecular formula is C10H12ClN3O5S2. The summed E-state index contributed by atoms with van der Waals surface area (Å²) in [6.07, 6.45) is -0.117. The number of hydrogen-bond acceptors (Lipinski definition) is 6. The topological polar surface area (TPSA) is 122 Å². The third kappa shape index (κ3) is 2.74. The van der Waals surface area contributed by atoms with Crippen LogP contribution in [-0.4, -0.2) is 47.1 Å². The van der Waals surface area contributed by atoms with Gasteiger partial charge in [-0.15, -0.1) is 0 Å². The van der Waals surface area contributed by atoms with Crippen molar-refractivity contribution in [2.75, 3.05) is 25.1 Å². The molecule has 0 bridgehead atoms. The molecule has 0 spiro atoms. The molecule has 2 aliphatic rings. The smallest absolute Gasteiger partial charge is 0.246 e. The van der Waals surface area contributed by atoms with E-state index in [0.29, 0.717) is 6.61 Å². The Labute approximate surface area is 126 Å². The van der Waals surface area contributed by atoms with Crippen LogP contribution in [0.25, 0.3) is 0 Å². The summed E-state index contributed by atoms with van der Waals surface area (Å²) in [5, 5.41) is 7.81. The van der Waals surface area contributed by atoms with Gasteiger partial charge in [0.05, 0.1) is 30.1 Å². The normalized spacial score (nSPS) is 24.2. The molecule has 1 aromatic rings. The van der Waals surface area contributed by atoms with Gasteiger partial charge in [0, 0.05) is 6.54 Å². The highest BCUT2D eigenvalue weighted by atomic mass is 35.5. The molecule has 2 heterocycles. The molecule has 0 saturated carbocycles. The Morgan fingerprint density at radius 3 is 2.71 bits per heavy atom. The molecule has 1 unspecified atom stereocenters. The lowest BCUT2D eigenvalue weighted by Gasteiger charge is -2.29. The van der Waals surface area contributed by atoms with E-state index >= 15 is 0 Å². The van der Waals surface area contributed by atoms with Gasteiger partial charge in [0.2, 0.25) is 20.0 Å². The molecule has 21 heavy (non-hydrogen) atoms. The second-order valence-corrected chi connectivity index (χ2v) is 8.60. The average Bonchev–Trinajstić information content (AvgIpc) is 3.14. The van der Waals surface area contributed by atoms with Gasteiger partial charge in [0.25, 0.3) is 0 Å². The maximum Gasteiger partial charge on any atom is 0.246 e. The van der Waals surface area contributed by atoms with Crippen LogP contribution < -0.4 is 10.5 Å². The number of halogens is 1. The van der Waals surface area contributed by atoms with Crippen LogP contribution in [0.2, 0.25) is 5.02 Å². The highest BCUT2D eigenvalue weighted by Gasteiger charge is 2.37. The van der Waals surface area contributed by atoms with Crippen molar-refractivity contribution in [1.82, 2.24) is 4.31 Å². The van der Waals surface area contributed by atoms with Crippen LogP contribution in [0.15, 0.2) is 21.9 Å². The number of ether oxygens (including phenoxy) is 1. The molecule has 2 aliphatic heterocycles. The summed E-state index contributed by atoms with van der Waals surface area (Å²) in [5.41, 5.74) is 0.250. The average molecular weight is 354 g/mol. The van der Waals surface area contributed by atoms with Crippen molar-refractivity contribution in [2.24, 2.45) is 5.14 Å². The number of hydrogen-bond donors (Lipinski definition) is 2. The zero-order valence-electron chi connectivity index (χ0n) is 10.6. The molecule has 3 N–H and O–H groups in total. The summed E-state index contributed by atoms with van der Waals surface area (Å²) in [6.45, 7) is 0.796. The quantitative estimate of drug-likeness (QED) is 0.723. The van der Waals surface area contributed by atoms with Gasteiger partial charge in [0.15, 0.2) is 0 Å². The number of sulfonamides is 2. The Morgan fingerprint density at radius 1 is 1.48 bits per heavy atom. The van der Waals surface area contributed by atoms with E-state index in [9.17, 15) is 16.8 Å². The summed E-state index contributed by atoms with van der Waals surface area (Å²) in [5.74, 6) is 0. The maximum atomic E-state index is 12.5. The van der Waals surface area contributed by atoms with Crippen LogP contribution >= 0.6 is 11.6 Å². The molecule has 0 radical (unpaired) electrons. The first-order valence-electron chi connectivity index (χ1n) is 5.91. The Bertz CT molecular complexity index is 804. The lowest BCUT2D eigenvalue weighted by Crippen LogP contribution is -2.42. The monoisotopic (exact) mass is 353 g/mol. The number of nitrogens with one attached hydrogen (secondary N) is 1. The third-order valence-corrected chi connectivity index (χ3v) is 6.44. The molecule has 0 aromatic heterocycles. The number of primary sulfonamides is 1. The lowest BCUT2D eigenvalue weighted by atomic mass is 10.3. The first-order chi connectivity index (χ1) is 9.69. The summed E-state index contributed by atoms with van der Waals surface area (Å²) in [4.78, 5) is -0.583. The van der Waals surface area contributed by atoms with Crippen LogP contribution in [0.1, 0.15) is 0 Å². The Morgan fingerprint density at radius 2 is 2.14 bits per heavy atom. The van der Waals surface area contributed by atoms with Gasteiger partial charge < -0.3 is 10.1 Å². The van der Waals surface area contributed by atoms with Crippen molar-refractivity contribution >= 4 is 37.3 Å². The van der Waals surface area contributed by atoms with Crippen LogP contribution in [0.5, 0.6) is 0 Å². The number of benzene rings is 1. The Hall–Kier alpha value is -0.910. The van der Waals surface area contributed by atoms with E-state index in [-0.39, 0.29) is 34.9 Å². The van der Waals surface area contributed by atoms with E-state index in [4.69, 9.17) is 21.5 Å². The van der Waals surface area contributed by atoms with Crippen LogP contribution in [0, 0.1) is 0 Å². The summed E-state index contributed by atoms with van der Waals surface area (Å²) in [7, 11) is -7.94. The molecule has 3 rings (SSSR count). The van der Waals surface area contributed by atoms with Crippen molar-refractivity contribution in [3.05, 3.63) is 17.2 Å². The Kier molecular flexibility index (Phi) is 3.43. The second-order valence-electron chi connectivity index (χ2n) is 4.75. The number of rotatable bonds is 3. The fraction of sp³-hybridized carbons (Fsp3) is 0.400.